The summed E-state index contributed by atoms with van der Waals surface area (Å²) in [5.74, 6) is 1.43. The highest BCUT2D eigenvalue weighted by Gasteiger charge is 2.08. The lowest BCUT2D eigenvalue weighted by Gasteiger charge is -2.10. The molecule has 3 aromatic carbocycles. The van der Waals surface area contributed by atoms with Crippen molar-refractivity contribution in [2.75, 3.05) is 14.2 Å². The number of ether oxygens (including phenoxy) is 2. The van der Waals surface area contributed by atoms with Crippen molar-refractivity contribution < 1.29 is 9.47 Å². The quantitative estimate of drug-likeness (QED) is 0.628. The molecule has 0 saturated heterocycles. The number of hydrogen-bond donors (Lipinski definition) is 0. The summed E-state index contributed by atoms with van der Waals surface area (Å²) in [5.41, 5.74) is 3.82. The summed E-state index contributed by atoms with van der Waals surface area (Å²) in [7, 11) is 3.27. The van der Waals surface area contributed by atoms with Gasteiger partial charge in [-0.15, -0.1) is 0 Å². The first-order valence-electron chi connectivity index (χ1n) is 7.73. The molecule has 0 spiro atoms. The Morgan fingerprint density at radius 2 is 1.12 bits per heavy atom. The van der Waals surface area contributed by atoms with Crippen molar-refractivity contribution in [1.29, 1.82) is 0 Å². The number of benzene rings is 3. The number of hydrogen-bond acceptors (Lipinski definition) is 3. The van der Waals surface area contributed by atoms with E-state index in [0.717, 1.165) is 22.5 Å². The summed E-state index contributed by atoms with van der Waals surface area (Å²) in [5, 5.41) is 0. The summed E-state index contributed by atoms with van der Waals surface area (Å²) in [6, 6.07) is 25.9. The van der Waals surface area contributed by atoms with Gasteiger partial charge in [0.25, 0.3) is 0 Å². The van der Waals surface area contributed by atoms with Gasteiger partial charge in [0.05, 0.1) is 25.6 Å². The van der Waals surface area contributed by atoms with E-state index in [1.165, 1.54) is 0 Å². The molecule has 0 fully saturated rings. The lowest BCUT2D eigenvalue weighted by Crippen LogP contribution is -2.02. The summed E-state index contributed by atoms with van der Waals surface area (Å²) >= 11 is 0. The van der Waals surface area contributed by atoms with Gasteiger partial charge in [0.1, 0.15) is 11.5 Å². The van der Waals surface area contributed by atoms with Crippen LogP contribution in [-0.2, 0) is 0 Å². The average Bonchev–Trinajstić information content (AvgIpc) is 2.67. The van der Waals surface area contributed by atoms with Gasteiger partial charge in [0.15, 0.2) is 0 Å². The highest BCUT2D eigenvalue weighted by atomic mass is 16.5. The van der Waals surface area contributed by atoms with Crippen LogP contribution in [0.3, 0.4) is 0 Å². The fraction of sp³-hybridized carbons (Fsp3) is 0.0952. The Hall–Kier alpha value is -3.07. The Morgan fingerprint density at radius 1 is 0.667 bits per heavy atom. The van der Waals surface area contributed by atoms with Gasteiger partial charge < -0.3 is 9.47 Å². The second kappa shape index (κ2) is 7.47. The molecule has 3 rings (SSSR count). The Balaban J connectivity index is 2.14. The standard InChI is InChI=1S/C21H19NO2/c1-23-19-13-18(14-20(15-19)24-2)22-21(16-9-5-3-6-10-16)17-11-7-4-8-12-17/h3-15H,1-2H3. The van der Waals surface area contributed by atoms with Crippen molar-refractivity contribution in [3.63, 3.8) is 0 Å². The molecule has 0 aliphatic carbocycles. The Kier molecular flexibility index (Phi) is 4.92. The van der Waals surface area contributed by atoms with E-state index in [1.54, 1.807) is 14.2 Å². The molecule has 0 heterocycles. The van der Waals surface area contributed by atoms with E-state index in [9.17, 15) is 0 Å². The molecule has 0 aromatic heterocycles. The van der Waals surface area contributed by atoms with Crippen LogP contribution in [0.4, 0.5) is 5.69 Å². The van der Waals surface area contributed by atoms with Gasteiger partial charge in [-0.25, -0.2) is 4.99 Å². The Labute approximate surface area is 142 Å². The molecule has 0 N–H and O–H groups in total. The average molecular weight is 317 g/mol. The van der Waals surface area contributed by atoms with Gasteiger partial charge in [0.2, 0.25) is 0 Å². The van der Waals surface area contributed by atoms with Crippen LogP contribution in [0.25, 0.3) is 0 Å². The molecule has 3 nitrogen and oxygen atoms in total. The molecule has 24 heavy (non-hydrogen) atoms. The van der Waals surface area contributed by atoms with Crippen LogP contribution in [0.5, 0.6) is 11.5 Å². The Bertz CT molecular complexity index is 763. The van der Waals surface area contributed by atoms with Crippen molar-refractivity contribution in [1.82, 2.24) is 0 Å². The number of aliphatic imine (C=N–C) groups is 1. The molecular formula is C21H19NO2. The lowest BCUT2D eigenvalue weighted by molar-refractivity contribution is 0.394. The van der Waals surface area contributed by atoms with Crippen molar-refractivity contribution in [2.24, 2.45) is 4.99 Å². The molecule has 0 amide bonds. The maximum atomic E-state index is 5.34. The first-order valence-corrected chi connectivity index (χ1v) is 7.73. The molecule has 3 aromatic rings. The minimum atomic E-state index is 0.716. The molecule has 0 atom stereocenters. The smallest absolute Gasteiger partial charge is 0.124 e. The number of methoxy groups -OCH3 is 2. The molecular weight excluding hydrogens is 298 g/mol. The highest BCUT2D eigenvalue weighted by Crippen LogP contribution is 2.29. The largest absolute Gasteiger partial charge is 0.497 e. The fourth-order valence-corrected chi connectivity index (χ4v) is 2.47. The molecule has 0 saturated carbocycles. The molecule has 0 radical (unpaired) electrons. The van der Waals surface area contributed by atoms with Crippen LogP contribution >= 0.6 is 0 Å². The van der Waals surface area contributed by atoms with Gasteiger partial charge in [-0.1, -0.05) is 60.7 Å². The molecule has 0 aliphatic rings. The van der Waals surface area contributed by atoms with Crippen molar-refractivity contribution in [2.45, 2.75) is 0 Å². The van der Waals surface area contributed by atoms with E-state index in [0.29, 0.717) is 11.5 Å². The van der Waals surface area contributed by atoms with Crippen LogP contribution in [0.2, 0.25) is 0 Å². The predicted molar refractivity (Wildman–Crippen MR) is 97.7 cm³/mol. The maximum absolute atomic E-state index is 5.34. The van der Waals surface area contributed by atoms with Gasteiger partial charge in [0, 0.05) is 29.3 Å². The Morgan fingerprint density at radius 3 is 1.54 bits per heavy atom. The monoisotopic (exact) mass is 317 g/mol. The molecule has 0 bridgehead atoms. The third-order valence-corrected chi connectivity index (χ3v) is 3.67. The summed E-state index contributed by atoms with van der Waals surface area (Å²) < 4.78 is 10.7. The first-order chi connectivity index (χ1) is 11.8. The van der Waals surface area contributed by atoms with E-state index in [-0.39, 0.29) is 0 Å². The third kappa shape index (κ3) is 3.63. The van der Waals surface area contributed by atoms with Gasteiger partial charge in [-0.2, -0.15) is 0 Å². The first kappa shape index (κ1) is 15.8. The minimum absolute atomic E-state index is 0.716. The van der Waals surface area contributed by atoms with E-state index in [4.69, 9.17) is 14.5 Å². The van der Waals surface area contributed by atoms with Gasteiger partial charge in [-0.05, 0) is 0 Å². The molecule has 120 valence electrons. The van der Waals surface area contributed by atoms with Crippen LogP contribution in [0, 0.1) is 0 Å². The summed E-state index contributed by atoms with van der Waals surface area (Å²) in [6.45, 7) is 0. The van der Waals surface area contributed by atoms with Crippen LogP contribution < -0.4 is 9.47 Å². The molecule has 3 heteroatoms. The van der Waals surface area contributed by atoms with Gasteiger partial charge >= 0.3 is 0 Å². The van der Waals surface area contributed by atoms with Crippen LogP contribution in [0.1, 0.15) is 11.1 Å². The number of rotatable bonds is 5. The zero-order chi connectivity index (χ0) is 16.8. The van der Waals surface area contributed by atoms with E-state index in [2.05, 4.69) is 24.3 Å². The SMILES string of the molecule is COc1cc(N=C(c2ccccc2)c2ccccc2)cc(OC)c1. The second-order valence-corrected chi connectivity index (χ2v) is 5.26. The lowest BCUT2D eigenvalue weighted by atomic mass is 10.0. The fourth-order valence-electron chi connectivity index (χ4n) is 2.47. The zero-order valence-electron chi connectivity index (χ0n) is 13.8. The van der Waals surface area contributed by atoms with Gasteiger partial charge in [-0.3, -0.25) is 0 Å². The molecule has 0 unspecified atom stereocenters. The molecule has 0 aliphatic heterocycles. The van der Waals surface area contributed by atoms with E-state index < -0.39 is 0 Å². The van der Waals surface area contributed by atoms with Crippen LogP contribution in [0.15, 0.2) is 83.9 Å². The highest BCUT2D eigenvalue weighted by molar-refractivity contribution is 6.13. The minimum Gasteiger partial charge on any atom is -0.497 e. The van der Waals surface area contributed by atoms with E-state index in [1.807, 2.05) is 54.6 Å². The van der Waals surface area contributed by atoms with Crippen LogP contribution in [-0.4, -0.2) is 19.9 Å². The topological polar surface area (TPSA) is 30.8 Å². The number of nitrogens with zero attached hydrogens (tertiary/aromatic N) is 1. The normalized spacial score (nSPS) is 10.1. The summed E-state index contributed by atoms with van der Waals surface area (Å²) in [4.78, 5) is 4.87. The third-order valence-electron chi connectivity index (χ3n) is 3.67. The van der Waals surface area contributed by atoms with Crippen molar-refractivity contribution in [3.05, 3.63) is 90.0 Å². The van der Waals surface area contributed by atoms with Crippen molar-refractivity contribution in [3.8, 4) is 11.5 Å². The second-order valence-electron chi connectivity index (χ2n) is 5.26. The zero-order valence-corrected chi connectivity index (χ0v) is 13.8. The maximum Gasteiger partial charge on any atom is 0.124 e. The van der Waals surface area contributed by atoms with E-state index >= 15 is 0 Å². The summed E-state index contributed by atoms with van der Waals surface area (Å²) in [6.07, 6.45) is 0. The van der Waals surface area contributed by atoms with Crippen molar-refractivity contribution >= 4 is 11.4 Å². The predicted octanol–water partition coefficient (Wildman–Crippen LogP) is 4.87.